The summed E-state index contributed by atoms with van der Waals surface area (Å²) in [4.78, 5) is 0. The number of hydrogen-bond acceptors (Lipinski definition) is 2. The van der Waals surface area contributed by atoms with Crippen molar-refractivity contribution in [3.63, 3.8) is 0 Å². The van der Waals surface area contributed by atoms with Crippen LogP contribution in [-0.4, -0.2) is 5.11 Å². The molecule has 2 nitrogen and oxygen atoms in total. The van der Waals surface area contributed by atoms with Gasteiger partial charge in [-0.3, -0.25) is 0 Å². The number of rotatable bonds is 1. The van der Waals surface area contributed by atoms with Gasteiger partial charge in [0.1, 0.15) is 0 Å². The maximum Gasteiger partial charge on any atom is 0.285 e. The van der Waals surface area contributed by atoms with E-state index in [1.54, 1.807) is 11.8 Å². The molecule has 1 aromatic rings. The van der Waals surface area contributed by atoms with E-state index < -0.39 is 0 Å². The van der Waals surface area contributed by atoms with Crippen molar-refractivity contribution in [2.45, 2.75) is 77.6 Å². The van der Waals surface area contributed by atoms with Crippen molar-refractivity contribution in [1.82, 2.24) is 0 Å². The highest BCUT2D eigenvalue weighted by molar-refractivity contribution is 5.32. The van der Waals surface area contributed by atoms with Gasteiger partial charge in [-0.2, -0.15) is 0 Å². The minimum absolute atomic E-state index is 0.153. The smallest absolute Gasteiger partial charge is 0.285 e. The second-order valence-corrected chi connectivity index (χ2v) is 9.97. The standard InChI is InChI=1S/C23H32O2/c1-22-11-3-4-19(22)18-8-7-16-6-5-15(17-10-13-25-21(17)24)14-23(16,2)20(18)9-12-22/h7,10,13,15,18-20,24H,3-6,8-9,11-12,14H2,1-2H3/t15?,18-,19-,20+,22-,23-/m0/s1. The van der Waals surface area contributed by atoms with Crippen molar-refractivity contribution in [1.29, 1.82) is 0 Å². The highest BCUT2D eigenvalue weighted by Crippen LogP contribution is 2.66. The predicted molar refractivity (Wildman–Crippen MR) is 99.4 cm³/mol. The molecule has 1 unspecified atom stereocenters. The van der Waals surface area contributed by atoms with Gasteiger partial charge in [-0.05, 0) is 91.9 Å². The average Bonchev–Trinajstić information content (AvgIpc) is 3.19. The highest BCUT2D eigenvalue weighted by atomic mass is 16.5. The minimum Gasteiger partial charge on any atom is -0.481 e. The molecule has 0 saturated heterocycles. The van der Waals surface area contributed by atoms with Gasteiger partial charge in [-0.1, -0.05) is 31.9 Å². The summed E-state index contributed by atoms with van der Waals surface area (Å²) < 4.78 is 5.20. The molecule has 0 radical (unpaired) electrons. The molecule has 0 bridgehead atoms. The molecule has 0 aliphatic heterocycles. The van der Waals surface area contributed by atoms with Gasteiger partial charge in [-0.25, -0.2) is 0 Å². The quantitative estimate of drug-likeness (QED) is 0.598. The van der Waals surface area contributed by atoms with E-state index in [2.05, 4.69) is 19.9 Å². The molecule has 0 amide bonds. The van der Waals surface area contributed by atoms with Crippen LogP contribution in [0.4, 0.5) is 0 Å². The number of allylic oxidation sites excluding steroid dienone is 2. The zero-order valence-corrected chi connectivity index (χ0v) is 15.8. The number of furan rings is 1. The van der Waals surface area contributed by atoms with Crippen LogP contribution in [0.2, 0.25) is 0 Å². The largest absolute Gasteiger partial charge is 0.481 e. The average molecular weight is 341 g/mol. The first-order valence-electron chi connectivity index (χ1n) is 10.5. The Labute approximate surface area is 151 Å². The first-order valence-corrected chi connectivity index (χ1v) is 10.5. The Morgan fingerprint density at radius 2 is 2.00 bits per heavy atom. The summed E-state index contributed by atoms with van der Waals surface area (Å²) in [5.74, 6) is 3.30. The molecule has 136 valence electrons. The van der Waals surface area contributed by atoms with Gasteiger partial charge in [0.2, 0.25) is 0 Å². The summed E-state index contributed by atoms with van der Waals surface area (Å²) in [5.41, 5.74) is 3.73. The molecule has 3 fully saturated rings. The van der Waals surface area contributed by atoms with Gasteiger partial charge in [0.05, 0.1) is 6.26 Å². The maximum absolute atomic E-state index is 10.1. The molecule has 0 spiro atoms. The predicted octanol–water partition coefficient (Wildman–Crippen LogP) is 6.42. The number of aromatic hydroxyl groups is 1. The summed E-state index contributed by atoms with van der Waals surface area (Å²) in [5, 5.41) is 10.1. The highest BCUT2D eigenvalue weighted by Gasteiger charge is 2.56. The molecule has 3 saturated carbocycles. The Hall–Kier alpha value is -1.18. The second kappa shape index (κ2) is 5.41. The van der Waals surface area contributed by atoms with Crippen LogP contribution in [0.15, 0.2) is 28.4 Å². The van der Waals surface area contributed by atoms with Gasteiger partial charge in [0.15, 0.2) is 0 Å². The lowest BCUT2D eigenvalue weighted by Crippen LogP contribution is -2.48. The summed E-state index contributed by atoms with van der Waals surface area (Å²) >= 11 is 0. The monoisotopic (exact) mass is 340 g/mol. The molecular weight excluding hydrogens is 308 g/mol. The number of hydrogen-bond donors (Lipinski definition) is 1. The SMILES string of the molecule is C[C@@]12CCC[C@H]1[C@@H]1CC=C3CCC(c4ccoc4O)C[C@]3(C)[C@@H]1CC2. The zero-order chi connectivity index (χ0) is 17.2. The zero-order valence-electron chi connectivity index (χ0n) is 15.8. The van der Waals surface area contributed by atoms with Crippen molar-refractivity contribution in [2.24, 2.45) is 28.6 Å². The third kappa shape index (κ3) is 2.22. The van der Waals surface area contributed by atoms with E-state index in [1.165, 1.54) is 51.4 Å². The molecule has 1 heterocycles. The van der Waals surface area contributed by atoms with Crippen molar-refractivity contribution < 1.29 is 9.52 Å². The maximum atomic E-state index is 10.1. The van der Waals surface area contributed by atoms with Gasteiger partial charge in [0.25, 0.3) is 5.95 Å². The van der Waals surface area contributed by atoms with Crippen LogP contribution in [0, 0.1) is 28.6 Å². The van der Waals surface area contributed by atoms with Crippen LogP contribution < -0.4 is 0 Å². The third-order valence-electron chi connectivity index (χ3n) is 8.95. The summed E-state index contributed by atoms with van der Waals surface area (Å²) in [6.45, 7) is 5.13. The Kier molecular flexibility index (Phi) is 3.47. The molecule has 4 aliphatic rings. The van der Waals surface area contributed by atoms with E-state index in [4.69, 9.17) is 4.42 Å². The second-order valence-electron chi connectivity index (χ2n) is 9.97. The Bertz CT molecular complexity index is 701. The van der Waals surface area contributed by atoms with Gasteiger partial charge in [-0.15, -0.1) is 0 Å². The molecule has 6 atom stereocenters. The van der Waals surface area contributed by atoms with Crippen molar-refractivity contribution in [2.75, 3.05) is 0 Å². The fourth-order valence-electron chi connectivity index (χ4n) is 7.65. The first-order chi connectivity index (χ1) is 12.0. The molecule has 1 aromatic heterocycles. The van der Waals surface area contributed by atoms with E-state index >= 15 is 0 Å². The minimum atomic E-state index is 0.153. The molecule has 4 aliphatic carbocycles. The van der Waals surface area contributed by atoms with Crippen LogP contribution in [0.25, 0.3) is 0 Å². The van der Waals surface area contributed by atoms with E-state index in [0.29, 0.717) is 16.7 Å². The number of fused-ring (bicyclic) bond motifs is 5. The summed E-state index contributed by atoms with van der Waals surface area (Å²) in [6.07, 6.45) is 16.4. The Morgan fingerprint density at radius 1 is 1.12 bits per heavy atom. The Morgan fingerprint density at radius 3 is 2.80 bits per heavy atom. The summed E-state index contributed by atoms with van der Waals surface area (Å²) in [7, 11) is 0. The van der Waals surface area contributed by atoms with Crippen LogP contribution in [0.1, 0.15) is 83.1 Å². The van der Waals surface area contributed by atoms with Crippen molar-refractivity contribution in [3.8, 4) is 5.95 Å². The van der Waals surface area contributed by atoms with Gasteiger partial charge in [0, 0.05) is 5.56 Å². The fraction of sp³-hybridized carbons (Fsp3) is 0.739. The van der Waals surface area contributed by atoms with E-state index in [9.17, 15) is 5.11 Å². The van der Waals surface area contributed by atoms with Crippen LogP contribution in [0.5, 0.6) is 5.95 Å². The van der Waals surface area contributed by atoms with Crippen LogP contribution in [0.3, 0.4) is 0 Å². The van der Waals surface area contributed by atoms with Crippen LogP contribution in [-0.2, 0) is 0 Å². The van der Waals surface area contributed by atoms with Crippen molar-refractivity contribution >= 4 is 0 Å². The third-order valence-corrected chi connectivity index (χ3v) is 8.95. The summed E-state index contributed by atoms with van der Waals surface area (Å²) in [6, 6.07) is 1.99. The van der Waals surface area contributed by atoms with Gasteiger partial charge < -0.3 is 9.52 Å². The van der Waals surface area contributed by atoms with E-state index in [1.807, 2.05) is 6.07 Å². The first kappa shape index (κ1) is 16.0. The lowest BCUT2D eigenvalue weighted by atomic mass is 9.47. The molecule has 0 aromatic carbocycles. The molecule has 1 N–H and O–H groups in total. The van der Waals surface area contributed by atoms with E-state index in [0.717, 1.165) is 29.7 Å². The normalized spacial score (nSPS) is 46.1. The van der Waals surface area contributed by atoms with E-state index in [-0.39, 0.29) is 5.95 Å². The Balaban J connectivity index is 1.48. The fourth-order valence-corrected chi connectivity index (χ4v) is 7.65. The molecule has 5 rings (SSSR count). The molecular formula is C23H32O2. The molecule has 2 heteroatoms. The van der Waals surface area contributed by atoms with Crippen LogP contribution >= 0.6 is 0 Å². The van der Waals surface area contributed by atoms with Crippen molar-refractivity contribution in [3.05, 3.63) is 29.5 Å². The van der Waals surface area contributed by atoms with Gasteiger partial charge >= 0.3 is 0 Å². The lowest BCUT2D eigenvalue weighted by Gasteiger charge is -2.57. The lowest BCUT2D eigenvalue weighted by molar-refractivity contribution is -0.0276. The topological polar surface area (TPSA) is 33.4 Å². The molecule has 25 heavy (non-hydrogen) atoms.